The number of carbonyl (C=O) groups is 1. The number of nitrogens with zero attached hydrogens (tertiary/aromatic N) is 1. The van der Waals surface area contributed by atoms with E-state index in [1.54, 1.807) is 11.8 Å². The number of carbonyl (C=O) groups excluding carboxylic acids is 1. The summed E-state index contributed by atoms with van der Waals surface area (Å²) in [4.78, 5) is 12.3. The Bertz CT molecular complexity index is 479. The Morgan fingerprint density at radius 1 is 1.59 bits per heavy atom. The number of amides is 1. The van der Waals surface area contributed by atoms with Gasteiger partial charge >= 0.3 is 0 Å². The van der Waals surface area contributed by atoms with Gasteiger partial charge in [-0.3, -0.25) is 4.79 Å². The van der Waals surface area contributed by atoms with Gasteiger partial charge < -0.3 is 5.32 Å². The standard InChI is InChI=1S/C13H14N2OS/c1-2-9(7-14)5-10-3-4-11-12(6-10)17-8-13(16)15-11/h3-4,6,9H,2,5,8H2,1H3,(H,15,16). The zero-order chi connectivity index (χ0) is 12.3. The van der Waals surface area contributed by atoms with Crippen LogP contribution in [0.25, 0.3) is 0 Å². The summed E-state index contributed by atoms with van der Waals surface area (Å²) in [5.74, 6) is 0.612. The van der Waals surface area contributed by atoms with E-state index in [1.165, 1.54) is 5.56 Å². The predicted molar refractivity (Wildman–Crippen MR) is 68.9 cm³/mol. The third-order valence-corrected chi connectivity index (χ3v) is 3.89. The molecule has 0 spiro atoms. The monoisotopic (exact) mass is 246 g/mol. The van der Waals surface area contributed by atoms with Crippen LogP contribution in [0.15, 0.2) is 23.1 Å². The number of rotatable bonds is 3. The highest BCUT2D eigenvalue weighted by Crippen LogP contribution is 2.32. The van der Waals surface area contributed by atoms with Gasteiger partial charge in [0.1, 0.15) is 0 Å². The van der Waals surface area contributed by atoms with E-state index >= 15 is 0 Å². The molecule has 1 amide bonds. The molecular formula is C13H14N2OS. The van der Waals surface area contributed by atoms with E-state index in [0.717, 1.165) is 23.4 Å². The first kappa shape index (κ1) is 12.0. The lowest BCUT2D eigenvalue weighted by molar-refractivity contribution is -0.113. The Balaban J connectivity index is 2.17. The molecule has 1 atom stereocenters. The molecule has 0 fully saturated rings. The first-order chi connectivity index (χ1) is 8.22. The maximum atomic E-state index is 11.2. The fraction of sp³-hybridized carbons (Fsp3) is 0.385. The lowest BCUT2D eigenvalue weighted by Crippen LogP contribution is -2.18. The molecule has 1 aromatic carbocycles. The highest BCUT2D eigenvalue weighted by Gasteiger charge is 2.16. The third kappa shape index (κ3) is 2.80. The molecule has 17 heavy (non-hydrogen) atoms. The molecule has 0 saturated heterocycles. The van der Waals surface area contributed by atoms with Crippen LogP contribution in [0.1, 0.15) is 18.9 Å². The van der Waals surface area contributed by atoms with Gasteiger partial charge in [-0.2, -0.15) is 5.26 Å². The summed E-state index contributed by atoms with van der Waals surface area (Å²) in [5, 5.41) is 11.8. The molecule has 88 valence electrons. The number of nitrogens with one attached hydrogen (secondary N) is 1. The summed E-state index contributed by atoms with van der Waals surface area (Å²) in [6, 6.07) is 8.31. The van der Waals surface area contributed by atoms with Gasteiger partial charge in [-0.25, -0.2) is 0 Å². The summed E-state index contributed by atoms with van der Waals surface area (Å²) < 4.78 is 0. The van der Waals surface area contributed by atoms with Gasteiger partial charge in [0, 0.05) is 4.90 Å². The lowest BCUT2D eigenvalue weighted by atomic mass is 9.98. The molecule has 1 aliphatic rings. The maximum absolute atomic E-state index is 11.2. The second-order valence-corrected chi connectivity index (χ2v) is 5.12. The Morgan fingerprint density at radius 2 is 2.41 bits per heavy atom. The molecule has 1 N–H and O–H groups in total. The van der Waals surface area contributed by atoms with E-state index in [0.29, 0.717) is 5.75 Å². The lowest BCUT2D eigenvalue weighted by Gasteiger charge is -2.17. The largest absolute Gasteiger partial charge is 0.324 e. The van der Waals surface area contributed by atoms with Gasteiger partial charge in [-0.15, -0.1) is 11.8 Å². The van der Waals surface area contributed by atoms with Crippen LogP contribution in [0.3, 0.4) is 0 Å². The molecule has 1 aromatic rings. The van der Waals surface area contributed by atoms with E-state index in [9.17, 15) is 4.79 Å². The van der Waals surface area contributed by atoms with Crippen molar-refractivity contribution in [2.75, 3.05) is 11.1 Å². The van der Waals surface area contributed by atoms with E-state index in [4.69, 9.17) is 5.26 Å². The molecule has 1 aliphatic heterocycles. The number of hydrogen-bond donors (Lipinski definition) is 1. The molecule has 2 rings (SSSR count). The van der Waals surface area contributed by atoms with Crippen molar-refractivity contribution in [1.29, 1.82) is 5.26 Å². The minimum absolute atomic E-state index is 0.0544. The highest BCUT2D eigenvalue weighted by molar-refractivity contribution is 8.00. The average molecular weight is 246 g/mol. The van der Waals surface area contributed by atoms with Gasteiger partial charge in [-0.1, -0.05) is 13.0 Å². The maximum Gasteiger partial charge on any atom is 0.234 e. The summed E-state index contributed by atoms with van der Waals surface area (Å²) in [5.41, 5.74) is 2.06. The van der Waals surface area contributed by atoms with E-state index in [1.807, 2.05) is 19.1 Å². The zero-order valence-electron chi connectivity index (χ0n) is 9.69. The number of nitriles is 1. The molecule has 0 bridgehead atoms. The predicted octanol–water partition coefficient (Wildman–Crippen LogP) is 2.82. The number of fused-ring (bicyclic) bond motifs is 1. The first-order valence-electron chi connectivity index (χ1n) is 5.68. The van der Waals surface area contributed by atoms with E-state index in [2.05, 4.69) is 17.5 Å². The molecule has 0 aliphatic carbocycles. The molecule has 0 saturated carbocycles. The topological polar surface area (TPSA) is 52.9 Å². The molecule has 1 unspecified atom stereocenters. The van der Waals surface area contributed by atoms with Crippen molar-refractivity contribution in [2.45, 2.75) is 24.7 Å². The number of hydrogen-bond acceptors (Lipinski definition) is 3. The second kappa shape index (κ2) is 5.24. The van der Waals surface area contributed by atoms with Gasteiger partial charge in [0.15, 0.2) is 0 Å². The second-order valence-electron chi connectivity index (χ2n) is 4.11. The van der Waals surface area contributed by atoms with Crippen LogP contribution in [-0.2, 0) is 11.2 Å². The van der Waals surface area contributed by atoms with Crippen molar-refractivity contribution < 1.29 is 4.79 Å². The molecule has 1 heterocycles. The fourth-order valence-corrected chi connectivity index (χ4v) is 2.68. The third-order valence-electron chi connectivity index (χ3n) is 2.84. The Labute approximate surface area is 105 Å². The fourth-order valence-electron chi connectivity index (χ4n) is 1.81. The normalized spacial score (nSPS) is 15.6. The smallest absolute Gasteiger partial charge is 0.234 e. The molecule has 4 heteroatoms. The number of thioether (sulfide) groups is 1. The summed E-state index contributed by atoms with van der Waals surface area (Å²) >= 11 is 1.56. The van der Waals surface area contributed by atoms with Crippen LogP contribution in [0, 0.1) is 17.2 Å². The van der Waals surface area contributed by atoms with Crippen LogP contribution in [-0.4, -0.2) is 11.7 Å². The number of anilines is 1. The van der Waals surface area contributed by atoms with Crippen molar-refractivity contribution in [3.05, 3.63) is 23.8 Å². The molecule has 3 nitrogen and oxygen atoms in total. The van der Waals surface area contributed by atoms with E-state index in [-0.39, 0.29) is 11.8 Å². The first-order valence-corrected chi connectivity index (χ1v) is 6.66. The SMILES string of the molecule is CCC(C#N)Cc1ccc2c(c1)SCC(=O)N2. The summed E-state index contributed by atoms with van der Waals surface area (Å²) in [6.07, 6.45) is 1.66. The van der Waals surface area contributed by atoms with Gasteiger partial charge in [0.25, 0.3) is 0 Å². The minimum atomic E-state index is 0.0544. The van der Waals surface area contributed by atoms with Gasteiger partial charge in [0.2, 0.25) is 5.91 Å². The van der Waals surface area contributed by atoms with Gasteiger partial charge in [-0.05, 0) is 30.5 Å². The van der Waals surface area contributed by atoms with Crippen molar-refractivity contribution in [2.24, 2.45) is 5.92 Å². The molecular weight excluding hydrogens is 232 g/mol. The van der Waals surface area contributed by atoms with Crippen LogP contribution in [0.4, 0.5) is 5.69 Å². The van der Waals surface area contributed by atoms with Crippen molar-refractivity contribution >= 4 is 23.4 Å². The van der Waals surface area contributed by atoms with Crippen LogP contribution < -0.4 is 5.32 Å². The van der Waals surface area contributed by atoms with Crippen LogP contribution >= 0.6 is 11.8 Å². The minimum Gasteiger partial charge on any atom is -0.324 e. The summed E-state index contributed by atoms with van der Waals surface area (Å²) in [6.45, 7) is 2.03. The highest BCUT2D eigenvalue weighted by atomic mass is 32.2. The Hall–Kier alpha value is -1.47. The van der Waals surface area contributed by atoms with Crippen LogP contribution in [0.2, 0.25) is 0 Å². The Morgan fingerprint density at radius 3 is 3.12 bits per heavy atom. The quantitative estimate of drug-likeness (QED) is 0.892. The van der Waals surface area contributed by atoms with Crippen molar-refractivity contribution in [1.82, 2.24) is 0 Å². The van der Waals surface area contributed by atoms with Gasteiger partial charge in [0.05, 0.1) is 23.4 Å². The average Bonchev–Trinajstić information content (AvgIpc) is 2.36. The Kier molecular flexibility index (Phi) is 3.70. The van der Waals surface area contributed by atoms with Crippen molar-refractivity contribution in [3.63, 3.8) is 0 Å². The van der Waals surface area contributed by atoms with Crippen molar-refractivity contribution in [3.8, 4) is 6.07 Å². The summed E-state index contributed by atoms with van der Waals surface area (Å²) in [7, 11) is 0. The number of benzene rings is 1. The molecule has 0 radical (unpaired) electrons. The molecule has 0 aromatic heterocycles. The zero-order valence-corrected chi connectivity index (χ0v) is 10.5. The van der Waals surface area contributed by atoms with E-state index < -0.39 is 0 Å². The van der Waals surface area contributed by atoms with Crippen LogP contribution in [0.5, 0.6) is 0 Å².